The van der Waals surface area contributed by atoms with Crippen molar-refractivity contribution in [1.29, 1.82) is 0 Å². The average molecular weight is 329 g/mol. The van der Waals surface area contributed by atoms with Gasteiger partial charge in [0.15, 0.2) is 0 Å². The van der Waals surface area contributed by atoms with Crippen LogP contribution in [0.3, 0.4) is 0 Å². The molecule has 1 saturated heterocycles. The van der Waals surface area contributed by atoms with Crippen molar-refractivity contribution in [2.24, 2.45) is 0 Å². The molecule has 3 N–H and O–H groups in total. The zero-order chi connectivity index (χ0) is 17.6. The Labute approximate surface area is 134 Å². The van der Waals surface area contributed by atoms with Crippen LogP contribution in [-0.4, -0.2) is 65.2 Å². The highest BCUT2D eigenvalue weighted by Gasteiger charge is 2.37. The fourth-order valence-corrected chi connectivity index (χ4v) is 2.29. The molecule has 1 aliphatic rings. The maximum Gasteiger partial charge on any atom is 0.407 e. The summed E-state index contributed by atoms with van der Waals surface area (Å²) < 4.78 is 5.05. The molecule has 0 saturated carbocycles. The van der Waals surface area contributed by atoms with E-state index in [4.69, 9.17) is 9.84 Å². The lowest BCUT2D eigenvalue weighted by molar-refractivity contribution is -0.149. The second-order valence-electron chi connectivity index (χ2n) is 6.25. The number of nitrogens with one attached hydrogen (secondary N) is 2. The van der Waals surface area contributed by atoms with Crippen LogP contribution in [0.2, 0.25) is 0 Å². The van der Waals surface area contributed by atoms with Crippen LogP contribution in [0.15, 0.2) is 0 Å². The third kappa shape index (κ3) is 5.76. The van der Waals surface area contributed by atoms with Gasteiger partial charge in [-0.1, -0.05) is 0 Å². The first-order chi connectivity index (χ1) is 10.7. The fraction of sp³-hybridized carbons (Fsp3) is 0.714. The molecule has 1 heterocycles. The van der Waals surface area contributed by atoms with Crippen molar-refractivity contribution < 1.29 is 29.0 Å². The summed E-state index contributed by atoms with van der Waals surface area (Å²) in [4.78, 5) is 47.0. The lowest BCUT2D eigenvalue weighted by Gasteiger charge is -2.27. The monoisotopic (exact) mass is 329 g/mol. The quantitative estimate of drug-likeness (QED) is 0.575. The van der Waals surface area contributed by atoms with Gasteiger partial charge in [0.1, 0.15) is 17.7 Å². The number of carbonyl (C=O) groups excluding carboxylic acids is 3. The molecule has 0 aromatic rings. The normalized spacial score (nSPS) is 18.9. The van der Waals surface area contributed by atoms with E-state index in [2.05, 4.69) is 10.6 Å². The van der Waals surface area contributed by atoms with E-state index in [-0.39, 0.29) is 6.54 Å². The van der Waals surface area contributed by atoms with Crippen LogP contribution < -0.4 is 10.6 Å². The van der Waals surface area contributed by atoms with Crippen molar-refractivity contribution in [3.8, 4) is 0 Å². The van der Waals surface area contributed by atoms with Crippen molar-refractivity contribution in [3.63, 3.8) is 0 Å². The van der Waals surface area contributed by atoms with Gasteiger partial charge in [-0.3, -0.25) is 9.59 Å². The van der Waals surface area contributed by atoms with Gasteiger partial charge in [0.25, 0.3) is 0 Å². The van der Waals surface area contributed by atoms with Crippen molar-refractivity contribution in [2.75, 3.05) is 13.1 Å². The van der Waals surface area contributed by atoms with Crippen LogP contribution in [0.5, 0.6) is 0 Å². The third-order valence-electron chi connectivity index (χ3n) is 3.24. The maximum atomic E-state index is 12.4. The summed E-state index contributed by atoms with van der Waals surface area (Å²) >= 11 is 0. The zero-order valence-electron chi connectivity index (χ0n) is 13.5. The molecule has 0 spiro atoms. The molecule has 9 nitrogen and oxygen atoms in total. The molecule has 2 atom stereocenters. The Bertz CT molecular complexity index is 474. The smallest absolute Gasteiger partial charge is 0.407 e. The van der Waals surface area contributed by atoms with Gasteiger partial charge in [-0.05, 0) is 33.6 Å². The number of amides is 3. The molecule has 3 amide bonds. The van der Waals surface area contributed by atoms with E-state index in [1.165, 1.54) is 4.90 Å². The summed E-state index contributed by atoms with van der Waals surface area (Å²) in [5, 5.41) is 13.8. The summed E-state index contributed by atoms with van der Waals surface area (Å²) in [6.07, 6.45) is 0.564. The number of aliphatic carboxylic acids is 1. The minimum Gasteiger partial charge on any atom is -0.480 e. The lowest BCUT2D eigenvalue weighted by atomic mass is 10.2. The molecule has 1 fully saturated rings. The van der Waals surface area contributed by atoms with Crippen LogP contribution in [0.4, 0.5) is 4.79 Å². The van der Waals surface area contributed by atoms with Gasteiger partial charge in [0.05, 0.1) is 6.54 Å². The molecule has 1 aliphatic heterocycles. The summed E-state index contributed by atoms with van der Waals surface area (Å²) in [6, 6.07) is -1.94. The predicted molar refractivity (Wildman–Crippen MR) is 79.6 cm³/mol. The summed E-state index contributed by atoms with van der Waals surface area (Å²) in [5.74, 6) is -1.63. The van der Waals surface area contributed by atoms with Crippen LogP contribution >= 0.6 is 0 Å². The number of hydrogen-bond acceptors (Lipinski definition) is 5. The van der Waals surface area contributed by atoms with Crippen LogP contribution in [0.1, 0.15) is 33.6 Å². The van der Waals surface area contributed by atoms with Gasteiger partial charge in [0.2, 0.25) is 12.3 Å². The van der Waals surface area contributed by atoms with E-state index in [0.717, 1.165) is 0 Å². The topological polar surface area (TPSA) is 125 Å². The molecular formula is C14H23N3O6. The van der Waals surface area contributed by atoms with Gasteiger partial charge in [-0.2, -0.15) is 0 Å². The molecule has 130 valence electrons. The molecule has 0 aromatic heterocycles. The third-order valence-corrected chi connectivity index (χ3v) is 3.24. The molecular weight excluding hydrogens is 306 g/mol. The minimum absolute atomic E-state index is 0.185. The summed E-state index contributed by atoms with van der Waals surface area (Å²) in [5.41, 5.74) is -0.689. The van der Waals surface area contributed by atoms with Crippen molar-refractivity contribution in [2.45, 2.75) is 51.3 Å². The second kappa shape index (κ2) is 7.80. The van der Waals surface area contributed by atoms with E-state index in [0.29, 0.717) is 25.8 Å². The zero-order valence-corrected chi connectivity index (χ0v) is 13.5. The molecule has 0 radical (unpaired) electrons. The van der Waals surface area contributed by atoms with E-state index < -0.39 is 35.7 Å². The largest absolute Gasteiger partial charge is 0.480 e. The maximum absolute atomic E-state index is 12.4. The van der Waals surface area contributed by atoms with Gasteiger partial charge >= 0.3 is 12.1 Å². The van der Waals surface area contributed by atoms with Gasteiger partial charge in [0, 0.05) is 6.54 Å². The molecule has 0 aromatic carbocycles. The predicted octanol–water partition coefficient (Wildman–Crippen LogP) is -0.299. The molecule has 9 heteroatoms. The number of carboxylic acid groups (broad SMARTS) is 1. The Morgan fingerprint density at radius 2 is 2.04 bits per heavy atom. The van der Waals surface area contributed by atoms with Crippen molar-refractivity contribution in [3.05, 3.63) is 0 Å². The Morgan fingerprint density at radius 1 is 1.39 bits per heavy atom. The van der Waals surface area contributed by atoms with E-state index in [1.807, 2.05) is 0 Å². The van der Waals surface area contributed by atoms with Crippen LogP contribution in [0, 0.1) is 0 Å². The van der Waals surface area contributed by atoms with Crippen LogP contribution in [-0.2, 0) is 19.1 Å². The number of carboxylic acids is 1. The van der Waals surface area contributed by atoms with Crippen molar-refractivity contribution in [1.82, 2.24) is 15.5 Å². The number of ether oxygens (including phenoxy) is 1. The standard InChI is InChI=1S/C14H23N3O6/c1-14(2,3)23-13(22)15-7-9(16-8-18)11(19)17-6-4-5-10(17)12(20)21/h8-10H,4-7H2,1-3H3,(H,15,22)(H,16,18)(H,20,21)/t9-,10+/m0/s1. The Morgan fingerprint density at radius 3 is 2.57 bits per heavy atom. The number of carbonyl (C=O) groups is 4. The van der Waals surface area contributed by atoms with E-state index in [9.17, 15) is 19.2 Å². The first-order valence-electron chi connectivity index (χ1n) is 7.35. The SMILES string of the molecule is CC(C)(C)OC(=O)NC[C@H](NC=O)C(=O)N1CCC[C@@H]1C(=O)O. The first kappa shape index (κ1) is 18.7. The molecule has 0 unspecified atom stereocenters. The average Bonchev–Trinajstić information content (AvgIpc) is 2.90. The number of nitrogens with zero attached hydrogens (tertiary/aromatic N) is 1. The molecule has 1 rings (SSSR count). The van der Waals surface area contributed by atoms with Crippen molar-refractivity contribution >= 4 is 24.4 Å². The fourth-order valence-electron chi connectivity index (χ4n) is 2.29. The molecule has 0 aliphatic carbocycles. The highest BCUT2D eigenvalue weighted by Crippen LogP contribution is 2.18. The van der Waals surface area contributed by atoms with Gasteiger partial charge in [-0.15, -0.1) is 0 Å². The Kier molecular flexibility index (Phi) is 6.35. The Hall–Kier alpha value is -2.32. The van der Waals surface area contributed by atoms with E-state index in [1.54, 1.807) is 20.8 Å². The first-order valence-corrected chi connectivity index (χ1v) is 7.35. The highest BCUT2D eigenvalue weighted by molar-refractivity contribution is 5.89. The van der Waals surface area contributed by atoms with Gasteiger partial charge < -0.3 is 25.4 Å². The number of rotatable bonds is 6. The number of alkyl carbamates (subject to hydrolysis) is 1. The van der Waals surface area contributed by atoms with Gasteiger partial charge in [-0.25, -0.2) is 9.59 Å². The van der Waals surface area contributed by atoms with E-state index >= 15 is 0 Å². The lowest BCUT2D eigenvalue weighted by Crippen LogP contribution is -2.54. The highest BCUT2D eigenvalue weighted by atomic mass is 16.6. The Balaban J connectivity index is 2.66. The molecule has 0 bridgehead atoms. The minimum atomic E-state index is -1.08. The molecule has 23 heavy (non-hydrogen) atoms. The second-order valence-corrected chi connectivity index (χ2v) is 6.25. The van der Waals surface area contributed by atoms with Crippen LogP contribution in [0.25, 0.3) is 0 Å². The summed E-state index contributed by atoms with van der Waals surface area (Å²) in [6.45, 7) is 5.20. The summed E-state index contributed by atoms with van der Waals surface area (Å²) in [7, 11) is 0. The number of likely N-dealkylation sites (tertiary alicyclic amines) is 1. The number of hydrogen-bond donors (Lipinski definition) is 3.